The number of aliphatic hydroxyl groups is 1. The maximum Gasteiger partial charge on any atom is 0.0431 e. The zero-order valence-corrected chi connectivity index (χ0v) is 8.39. The number of aliphatic hydroxyl groups excluding tert-OH is 1. The Morgan fingerprint density at radius 1 is 1.23 bits per heavy atom. The maximum absolute atomic E-state index is 8.73. The van der Waals surface area contributed by atoms with E-state index in [9.17, 15) is 0 Å². The summed E-state index contributed by atoms with van der Waals surface area (Å²) < 4.78 is 0. The third-order valence-corrected chi connectivity index (χ3v) is 3.88. The van der Waals surface area contributed by atoms with Crippen LogP contribution in [0.2, 0.25) is 0 Å². The van der Waals surface area contributed by atoms with E-state index in [1.54, 1.807) is 0 Å². The van der Waals surface area contributed by atoms with Crippen LogP contribution in [0.25, 0.3) is 0 Å². The van der Waals surface area contributed by atoms with Crippen LogP contribution in [-0.2, 0) is 0 Å². The van der Waals surface area contributed by atoms with E-state index in [2.05, 4.69) is 5.32 Å². The van der Waals surface area contributed by atoms with Crippen molar-refractivity contribution in [2.24, 2.45) is 11.3 Å². The fourth-order valence-corrected chi connectivity index (χ4v) is 3.11. The first-order valence-electron chi connectivity index (χ1n) is 5.66. The molecule has 13 heavy (non-hydrogen) atoms. The molecule has 0 aromatic heterocycles. The molecule has 2 N–H and O–H groups in total. The van der Waals surface area contributed by atoms with E-state index in [0.29, 0.717) is 6.61 Å². The molecule has 1 saturated heterocycles. The normalized spacial score (nSPS) is 27.5. The first kappa shape index (κ1) is 9.47. The van der Waals surface area contributed by atoms with Crippen molar-refractivity contribution in [3.8, 4) is 0 Å². The van der Waals surface area contributed by atoms with Gasteiger partial charge in [-0.1, -0.05) is 0 Å². The highest BCUT2D eigenvalue weighted by atomic mass is 16.2. The molecule has 1 aliphatic carbocycles. The lowest BCUT2D eigenvalue weighted by Crippen LogP contribution is -2.45. The highest BCUT2D eigenvalue weighted by Gasteiger charge is 2.43. The minimum Gasteiger partial charge on any atom is -0.396 e. The van der Waals surface area contributed by atoms with Crippen LogP contribution in [0.15, 0.2) is 0 Å². The van der Waals surface area contributed by atoms with Gasteiger partial charge >= 0.3 is 0 Å². The molecule has 0 unspecified atom stereocenters. The van der Waals surface area contributed by atoms with Crippen LogP contribution in [-0.4, -0.2) is 24.8 Å². The molecule has 2 aliphatic rings. The molecule has 2 heteroatoms. The quantitative estimate of drug-likeness (QED) is 0.695. The van der Waals surface area contributed by atoms with Crippen molar-refractivity contribution in [2.45, 2.75) is 38.5 Å². The van der Waals surface area contributed by atoms with Gasteiger partial charge in [0.15, 0.2) is 0 Å². The molecule has 0 amide bonds. The van der Waals surface area contributed by atoms with Gasteiger partial charge < -0.3 is 10.4 Å². The van der Waals surface area contributed by atoms with E-state index >= 15 is 0 Å². The van der Waals surface area contributed by atoms with Crippen LogP contribution in [0.1, 0.15) is 38.5 Å². The summed E-state index contributed by atoms with van der Waals surface area (Å²) in [5.41, 5.74) is 0.728. The van der Waals surface area contributed by atoms with E-state index in [1.807, 2.05) is 0 Å². The first-order chi connectivity index (χ1) is 6.35. The third-order valence-electron chi connectivity index (χ3n) is 3.88. The Morgan fingerprint density at radius 2 is 1.92 bits per heavy atom. The molecule has 2 fully saturated rings. The highest BCUT2D eigenvalue weighted by Crippen LogP contribution is 2.52. The van der Waals surface area contributed by atoms with Crippen molar-refractivity contribution in [3.05, 3.63) is 0 Å². The zero-order chi connectivity index (χ0) is 9.15. The Bertz CT molecular complexity index is 155. The molecule has 0 atom stereocenters. The predicted molar refractivity (Wildman–Crippen MR) is 53.6 cm³/mol. The number of hydrogen-bond acceptors (Lipinski definition) is 2. The summed E-state index contributed by atoms with van der Waals surface area (Å²) in [6.07, 6.45) is 7.93. The van der Waals surface area contributed by atoms with Crippen molar-refractivity contribution in [1.29, 1.82) is 0 Å². The Hall–Kier alpha value is -0.0800. The van der Waals surface area contributed by atoms with Gasteiger partial charge in [-0.3, -0.25) is 0 Å². The first-order valence-corrected chi connectivity index (χ1v) is 5.66. The SMILES string of the molecule is OCCCC1CC2(CCNCC2)C1. The van der Waals surface area contributed by atoms with Gasteiger partial charge in [0.05, 0.1) is 0 Å². The Morgan fingerprint density at radius 3 is 2.54 bits per heavy atom. The summed E-state index contributed by atoms with van der Waals surface area (Å²) in [7, 11) is 0. The van der Waals surface area contributed by atoms with Crippen molar-refractivity contribution in [3.63, 3.8) is 0 Å². The van der Waals surface area contributed by atoms with Crippen LogP contribution in [0.4, 0.5) is 0 Å². The predicted octanol–water partition coefficient (Wildman–Crippen LogP) is 1.54. The number of nitrogens with one attached hydrogen (secondary N) is 1. The second kappa shape index (κ2) is 3.97. The van der Waals surface area contributed by atoms with Gasteiger partial charge in [0.2, 0.25) is 0 Å². The molecule has 76 valence electrons. The van der Waals surface area contributed by atoms with Crippen LogP contribution < -0.4 is 5.32 Å². The standard InChI is InChI=1S/C11H21NO/c13-7-1-2-10-8-11(9-10)3-5-12-6-4-11/h10,12-13H,1-9H2. The third kappa shape index (κ3) is 2.05. The second-order valence-corrected chi connectivity index (χ2v) is 4.89. The van der Waals surface area contributed by atoms with Crippen molar-refractivity contribution in [1.82, 2.24) is 5.32 Å². The van der Waals surface area contributed by atoms with Crippen molar-refractivity contribution < 1.29 is 5.11 Å². The molecule has 0 aromatic rings. The van der Waals surface area contributed by atoms with E-state index in [-0.39, 0.29) is 0 Å². The Kier molecular flexibility index (Phi) is 2.89. The second-order valence-electron chi connectivity index (χ2n) is 4.89. The zero-order valence-electron chi connectivity index (χ0n) is 8.39. The Balaban J connectivity index is 1.69. The van der Waals surface area contributed by atoms with Crippen LogP contribution in [0.3, 0.4) is 0 Å². The number of hydrogen-bond donors (Lipinski definition) is 2. The monoisotopic (exact) mass is 183 g/mol. The largest absolute Gasteiger partial charge is 0.396 e. The summed E-state index contributed by atoms with van der Waals surface area (Å²) in [5.74, 6) is 0.935. The molecule has 0 radical (unpaired) electrons. The maximum atomic E-state index is 8.73. The van der Waals surface area contributed by atoms with E-state index in [1.165, 1.54) is 45.2 Å². The van der Waals surface area contributed by atoms with Gasteiger partial charge in [-0.05, 0) is 62.9 Å². The minimum absolute atomic E-state index is 0.380. The smallest absolute Gasteiger partial charge is 0.0431 e. The molecule has 1 saturated carbocycles. The molecule has 0 aromatic carbocycles. The summed E-state index contributed by atoms with van der Waals surface area (Å²) in [6, 6.07) is 0. The Labute approximate surface area is 80.7 Å². The molecule has 1 heterocycles. The number of piperidine rings is 1. The lowest BCUT2D eigenvalue weighted by atomic mass is 9.57. The molecule has 1 aliphatic heterocycles. The molecule has 1 spiro atoms. The van der Waals surface area contributed by atoms with Gasteiger partial charge in [0, 0.05) is 6.61 Å². The van der Waals surface area contributed by atoms with Crippen LogP contribution >= 0.6 is 0 Å². The van der Waals surface area contributed by atoms with E-state index in [0.717, 1.165) is 17.8 Å². The molecule has 2 nitrogen and oxygen atoms in total. The summed E-state index contributed by atoms with van der Waals surface area (Å²) >= 11 is 0. The van der Waals surface area contributed by atoms with Crippen molar-refractivity contribution >= 4 is 0 Å². The number of rotatable bonds is 3. The lowest BCUT2D eigenvalue weighted by molar-refractivity contribution is 0.0145. The highest BCUT2D eigenvalue weighted by molar-refractivity contribution is 4.96. The van der Waals surface area contributed by atoms with Crippen LogP contribution in [0, 0.1) is 11.3 Å². The summed E-state index contributed by atoms with van der Waals surface area (Å²) in [5, 5.41) is 12.2. The van der Waals surface area contributed by atoms with Gasteiger partial charge in [-0.2, -0.15) is 0 Å². The average Bonchev–Trinajstić information content (AvgIpc) is 2.13. The van der Waals surface area contributed by atoms with Crippen molar-refractivity contribution in [2.75, 3.05) is 19.7 Å². The minimum atomic E-state index is 0.380. The molecular weight excluding hydrogens is 162 g/mol. The van der Waals surface area contributed by atoms with E-state index < -0.39 is 0 Å². The summed E-state index contributed by atoms with van der Waals surface area (Å²) in [4.78, 5) is 0. The molecule has 0 bridgehead atoms. The fourth-order valence-electron chi connectivity index (χ4n) is 3.11. The molecular formula is C11H21NO. The lowest BCUT2D eigenvalue weighted by Gasteiger charge is -2.50. The van der Waals surface area contributed by atoms with Gasteiger partial charge in [0.25, 0.3) is 0 Å². The summed E-state index contributed by atoms with van der Waals surface area (Å²) in [6.45, 7) is 2.84. The van der Waals surface area contributed by atoms with Crippen LogP contribution in [0.5, 0.6) is 0 Å². The molecule has 2 rings (SSSR count). The van der Waals surface area contributed by atoms with Gasteiger partial charge in [-0.15, -0.1) is 0 Å². The van der Waals surface area contributed by atoms with Gasteiger partial charge in [0.1, 0.15) is 0 Å². The fraction of sp³-hybridized carbons (Fsp3) is 1.00. The van der Waals surface area contributed by atoms with E-state index in [4.69, 9.17) is 5.11 Å². The average molecular weight is 183 g/mol. The van der Waals surface area contributed by atoms with Gasteiger partial charge in [-0.25, -0.2) is 0 Å². The topological polar surface area (TPSA) is 32.3 Å².